The normalized spacial score (nSPS) is 12.8. The van der Waals surface area contributed by atoms with Gasteiger partial charge < -0.3 is 4.55 Å². The van der Waals surface area contributed by atoms with E-state index in [-0.39, 0.29) is 5.75 Å². The van der Waals surface area contributed by atoms with Crippen LogP contribution in [0.25, 0.3) is 0 Å². The Morgan fingerprint density at radius 1 is 1.54 bits per heavy atom. The lowest BCUT2D eigenvalue weighted by Crippen LogP contribution is -1.94. The van der Waals surface area contributed by atoms with E-state index >= 15 is 0 Å². The molecule has 1 atom stereocenters. The molecule has 72 valence electrons. The Balaban J connectivity index is 2.92. The molecule has 0 aromatic heterocycles. The topological polar surface area (TPSA) is 37.3 Å². The maximum atomic E-state index is 10.6. The van der Waals surface area contributed by atoms with Crippen molar-refractivity contribution in [2.75, 3.05) is 0 Å². The first-order chi connectivity index (χ1) is 6.13. The molecule has 0 bridgehead atoms. The fourth-order valence-electron chi connectivity index (χ4n) is 1.13. The van der Waals surface area contributed by atoms with Crippen LogP contribution >= 0.6 is 15.9 Å². The molecule has 1 N–H and O–H groups in total. The predicted molar refractivity (Wildman–Crippen MR) is 58.0 cm³/mol. The lowest BCUT2D eigenvalue weighted by Gasteiger charge is -2.03. The van der Waals surface area contributed by atoms with Gasteiger partial charge in [-0.2, -0.15) is 0 Å². The monoisotopic (exact) mass is 262 g/mol. The molecule has 0 saturated heterocycles. The molecular weight excluding hydrogens is 252 g/mol. The molecule has 0 radical (unpaired) electrons. The number of halogens is 1. The largest absolute Gasteiger partial charge is 0.306 e. The molecular formula is C9H11BrO2S. The van der Waals surface area contributed by atoms with Gasteiger partial charge in [-0.25, -0.2) is 4.21 Å². The Labute approximate surface area is 88.8 Å². The molecule has 0 heterocycles. The van der Waals surface area contributed by atoms with E-state index in [1.165, 1.54) is 5.56 Å². The highest BCUT2D eigenvalue weighted by molar-refractivity contribution is 9.10. The van der Waals surface area contributed by atoms with E-state index in [1.54, 1.807) is 0 Å². The SMILES string of the molecule is CCc1cc(CS(=O)O)ccc1Br. The summed E-state index contributed by atoms with van der Waals surface area (Å²) in [7, 11) is 0. The minimum atomic E-state index is -1.75. The second kappa shape index (κ2) is 4.88. The Morgan fingerprint density at radius 2 is 2.23 bits per heavy atom. The second-order valence-electron chi connectivity index (χ2n) is 2.75. The first-order valence-electron chi connectivity index (χ1n) is 3.98. The highest BCUT2D eigenvalue weighted by Crippen LogP contribution is 2.19. The molecule has 4 heteroatoms. The van der Waals surface area contributed by atoms with Gasteiger partial charge in [0, 0.05) is 4.47 Å². The molecule has 0 aliphatic rings. The van der Waals surface area contributed by atoms with E-state index < -0.39 is 11.1 Å². The highest BCUT2D eigenvalue weighted by atomic mass is 79.9. The van der Waals surface area contributed by atoms with Crippen LogP contribution in [-0.4, -0.2) is 8.76 Å². The zero-order valence-electron chi connectivity index (χ0n) is 7.29. The van der Waals surface area contributed by atoms with Gasteiger partial charge in [-0.05, 0) is 23.6 Å². The van der Waals surface area contributed by atoms with Crippen LogP contribution in [0.5, 0.6) is 0 Å². The van der Waals surface area contributed by atoms with Gasteiger partial charge in [-0.3, -0.25) is 0 Å². The van der Waals surface area contributed by atoms with E-state index in [0.29, 0.717) is 0 Å². The van der Waals surface area contributed by atoms with Crippen molar-refractivity contribution >= 4 is 27.0 Å². The lowest BCUT2D eigenvalue weighted by atomic mass is 10.1. The van der Waals surface area contributed by atoms with Crippen LogP contribution in [0.3, 0.4) is 0 Å². The second-order valence-corrected chi connectivity index (χ2v) is 4.53. The van der Waals surface area contributed by atoms with E-state index in [4.69, 9.17) is 4.55 Å². The first kappa shape index (κ1) is 10.9. The average molecular weight is 263 g/mol. The summed E-state index contributed by atoms with van der Waals surface area (Å²) in [5, 5.41) is 0. The Morgan fingerprint density at radius 3 is 2.77 bits per heavy atom. The van der Waals surface area contributed by atoms with E-state index in [9.17, 15) is 4.21 Å². The number of hydrogen-bond donors (Lipinski definition) is 1. The maximum absolute atomic E-state index is 10.6. The van der Waals surface area contributed by atoms with Gasteiger partial charge in [0.1, 0.15) is 0 Å². The van der Waals surface area contributed by atoms with Crippen molar-refractivity contribution in [1.82, 2.24) is 0 Å². The number of benzene rings is 1. The average Bonchev–Trinajstić information content (AvgIpc) is 2.07. The van der Waals surface area contributed by atoms with Gasteiger partial charge in [0.05, 0.1) is 5.75 Å². The van der Waals surface area contributed by atoms with Crippen molar-refractivity contribution in [1.29, 1.82) is 0 Å². The first-order valence-corrected chi connectivity index (χ1v) is 6.05. The van der Waals surface area contributed by atoms with E-state index in [0.717, 1.165) is 16.5 Å². The molecule has 0 spiro atoms. The minimum absolute atomic E-state index is 0.209. The van der Waals surface area contributed by atoms with Crippen molar-refractivity contribution in [3.8, 4) is 0 Å². The maximum Gasteiger partial charge on any atom is 0.157 e. The smallest absolute Gasteiger partial charge is 0.157 e. The zero-order chi connectivity index (χ0) is 9.84. The van der Waals surface area contributed by atoms with Gasteiger partial charge in [0.2, 0.25) is 0 Å². The van der Waals surface area contributed by atoms with Crippen molar-refractivity contribution in [2.45, 2.75) is 19.1 Å². The van der Waals surface area contributed by atoms with Gasteiger partial charge in [-0.15, -0.1) is 0 Å². The van der Waals surface area contributed by atoms with Crippen molar-refractivity contribution < 1.29 is 8.76 Å². The molecule has 1 aromatic rings. The number of hydrogen-bond acceptors (Lipinski definition) is 1. The van der Waals surface area contributed by atoms with Crippen LogP contribution in [0.15, 0.2) is 22.7 Å². The number of rotatable bonds is 3. The molecule has 1 aromatic carbocycles. The van der Waals surface area contributed by atoms with Crippen LogP contribution in [0.1, 0.15) is 18.1 Å². The molecule has 0 saturated carbocycles. The Kier molecular flexibility index (Phi) is 4.09. The third-order valence-electron chi connectivity index (χ3n) is 1.78. The van der Waals surface area contributed by atoms with Crippen LogP contribution < -0.4 is 0 Å². The summed E-state index contributed by atoms with van der Waals surface area (Å²) in [6.45, 7) is 2.06. The quantitative estimate of drug-likeness (QED) is 0.851. The molecule has 2 nitrogen and oxygen atoms in total. The summed E-state index contributed by atoms with van der Waals surface area (Å²) in [6.07, 6.45) is 0.923. The Hall–Kier alpha value is -0.190. The molecule has 0 fully saturated rings. The van der Waals surface area contributed by atoms with Crippen LogP contribution in [-0.2, 0) is 23.3 Å². The van der Waals surface area contributed by atoms with Crippen molar-refractivity contribution in [2.24, 2.45) is 0 Å². The molecule has 0 aliphatic carbocycles. The van der Waals surface area contributed by atoms with Crippen LogP contribution in [0.4, 0.5) is 0 Å². The molecule has 13 heavy (non-hydrogen) atoms. The van der Waals surface area contributed by atoms with Crippen molar-refractivity contribution in [3.05, 3.63) is 33.8 Å². The van der Waals surface area contributed by atoms with Gasteiger partial charge in [0.25, 0.3) is 0 Å². The fraction of sp³-hybridized carbons (Fsp3) is 0.333. The van der Waals surface area contributed by atoms with Gasteiger partial charge in [0.15, 0.2) is 11.1 Å². The fourth-order valence-corrected chi connectivity index (χ4v) is 2.12. The van der Waals surface area contributed by atoms with Gasteiger partial charge >= 0.3 is 0 Å². The molecule has 0 aliphatic heterocycles. The third-order valence-corrected chi connectivity index (χ3v) is 3.14. The summed E-state index contributed by atoms with van der Waals surface area (Å²) in [5.74, 6) is 0.209. The molecule has 0 amide bonds. The lowest BCUT2D eigenvalue weighted by molar-refractivity contribution is 0.563. The van der Waals surface area contributed by atoms with Gasteiger partial charge in [-0.1, -0.05) is 35.0 Å². The number of aryl methyl sites for hydroxylation is 1. The summed E-state index contributed by atoms with van der Waals surface area (Å²) >= 11 is 1.67. The highest BCUT2D eigenvalue weighted by Gasteiger charge is 2.01. The summed E-state index contributed by atoms with van der Waals surface area (Å²) in [4.78, 5) is 0. The third kappa shape index (κ3) is 3.21. The zero-order valence-corrected chi connectivity index (χ0v) is 9.69. The van der Waals surface area contributed by atoms with Crippen LogP contribution in [0, 0.1) is 0 Å². The van der Waals surface area contributed by atoms with Crippen molar-refractivity contribution in [3.63, 3.8) is 0 Å². The Bertz CT molecular complexity index is 325. The predicted octanol–water partition coefficient (Wildman–Crippen LogP) is 2.73. The molecule has 1 unspecified atom stereocenters. The standard InChI is InChI=1S/C9H11BrO2S/c1-2-8-5-7(6-13(11)12)3-4-9(8)10/h3-5H,2,6H2,1H3,(H,11,12). The van der Waals surface area contributed by atoms with E-state index in [2.05, 4.69) is 22.9 Å². The molecule has 1 rings (SSSR count). The van der Waals surface area contributed by atoms with Crippen LogP contribution in [0.2, 0.25) is 0 Å². The summed E-state index contributed by atoms with van der Waals surface area (Å²) in [6, 6.07) is 5.73. The van der Waals surface area contributed by atoms with E-state index in [1.807, 2.05) is 18.2 Å². The minimum Gasteiger partial charge on any atom is -0.306 e. The summed E-state index contributed by atoms with van der Waals surface area (Å²) in [5.41, 5.74) is 2.07. The summed E-state index contributed by atoms with van der Waals surface area (Å²) < 4.78 is 20.3.